The molecule has 0 aliphatic carbocycles. The van der Waals surface area contributed by atoms with E-state index in [1.54, 1.807) is 37.4 Å². The van der Waals surface area contributed by atoms with E-state index < -0.39 is 12.0 Å². The van der Waals surface area contributed by atoms with E-state index >= 15 is 0 Å². The first-order valence-electron chi connectivity index (χ1n) is 17.5. The number of aromatic nitrogens is 2. The number of hydroxylamine groups is 2. The molecule has 5 rings (SSSR count). The lowest BCUT2D eigenvalue weighted by molar-refractivity contribution is -0.183. The van der Waals surface area contributed by atoms with Crippen LogP contribution in [0.3, 0.4) is 0 Å². The fraction of sp³-hybridized carbons (Fsp3) is 0.629. The number of unbranched alkanes of at least 4 members (excludes halogenated alkanes) is 2. The second-order valence-corrected chi connectivity index (χ2v) is 12.7. The topological polar surface area (TPSA) is 130 Å². The molecule has 14 heteroatoms. The minimum atomic E-state index is -0.511. The molecular weight excluding hydrogens is 630 g/mol. The first-order valence-corrected chi connectivity index (χ1v) is 17.5. The Morgan fingerprint density at radius 2 is 1.82 bits per heavy atom. The predicted octanol–water partition coefficient (Wildman–Crippen LogP) is 2.76. The molecule has 3 aliphatic heterocycles. The second-order valence-electron chi connectivity index (χ2n) is 12.7. The van der Waals surface area contributed by atoms with E-state index in [-0.39, 0.29) is 25.0 Å². The number of anilines is 2. The van der Waals surface area contributed by atoms with Gasteiger partial charge in [0.2, 0.25) is 24.2 Å². The zero-order valence-corrected chi connectivity index (χ0v) is 29.1. The van der Waals surface area contributed by atoms with Crippen molar-refractivity contribution in [3.8, 4) is 11.5 Å². The zero-order chi connectivity index (χ0) is 34.6. The smallest absolute Gasteiger partial charge is 0.245 e. The van der Waals surface area contributed by atoms with Gasteiger partial charge in [0, 0.05) is 63.6 Å². The van der Waals surface area contributed by atoms with Crippen LogP contribution < -0.4 is 19.3 Å². The Morgan fingerprint density at radius 3 is 2.53 bits per heavy atom. The SMILES string of the molecule is CCCCC[C@H](CN(C=O)OCc1ccc(OC)cc1OC)C(=O)N1CCC[C@H]1C(=O)N1CCN(c2nccc(N3CCOCC3)n2)CC1. The lowest BCUT2D eigenvalue weighted by Gasteiger charge is -2.38. The number of hydrogen-bond acceptors (Lipinski definition) is 11. The molecule has 4 heterocycles. The van der Waals surface area contributed by atoms with Crippen molar-refractivity contribution in [1.82, 2.24) is 24.8 Å². The molecule has 0 spiro atoms. The highest BCUT2D eigenvalue weighted by Crippen LogP contribution is 2.28. The van der Waals surface area contributed by atoms with Crippen LogP contribution in [0.15, 0.2) is 30.5 Å². The average molecular weight is 682 g/mol. The van der Waals surface area contributed by atoms with Gasteiger partial charge in [-0.15, -0.1) is 0 Å². The van der Waals surface area contributed by atoms with Crippen LogP contribution in [0.5, 0.6) is 11.5 Å². The molecule has 0 N–H and O–H groups in total. The Bertz CT molecular complexity index is 1380. The van der Waals surface area contributed by atoms with Crippen LogP contribution in [0.4, 0.5) is 11.8 Å². The molecule has 1 aromatic heterocycles. The largest absolute Gasteiger partial charge is 0.497 e. The summed E-state index contributed by atoms with van der Waals surface area (Å²) in [6.45, 7) is 8.08. The van der Waals surface area contributed by atoms with Gasteiger partial charge < -0.3 is 33.8 Å². The van der Waals surface area contributed by atoms with Gasteiger partial charge >= 0.3 is 0 Å². The minimum Gasteiger partial charge on any atom is -0.497 e. The maximum atomic E-state index is 14.1. The van der Waals surface area contributed by atoms with Gasteiger partial charge in [0.1, 0.15) is 30.0 Å². The van der Waals surface area contributed by atoms with Gasteiger partial charge in [-0.3, -0.25) is 19.2 Å². The van der Waals surface area contributed by atoms with Crippen molar-refractivity contribution < 1.29 is 33.4 Å². The summed E-state index contributed by atoms with van der Waals surface area (Å²) >= 11 is 0. The Morgan fingerprint density at radius 1 is 1.02 bits per heavy atom. The molecule has 0 bridgehead atoms. The quantitative estimate of drug-likeness (QED) is 0.147. The Labute approximate surface area is 289 Å². The number of hydrogen-bond donors (Lipinski definition) is 0. The van der Waals surface area contributed by atoms with Gasteiger partial charge in [0.15, 0.2) is 0 Å². The summed E-state index contributed by atoms with van der Waals surface area (Å²) in [7, 11) is 3.14. The van der Waals surface area contributed by atoms with E-state index in [4.69, 9.17) is 24.0 Å². The molecule has 2 aromatic rings. The Kier molecular flexibility index (Phi) is 13.3. The average Bonchev–Trinajstić information content (AvgIpc) is 3.66. The highest BCUT2D eigenvalue weighted by molar-refractivity contribution is 5.89. The maximum Gasteiger partial charge on any atom is 0.245 e. The van der Waals surface area contributed by atoms with E-state index in [2.05, 4.69) is 21.7 Å². The van der Waals surface area contributed by atoms with E-state index in [1.165, 1.54) is 5.06 Å². The number of morpholine rings is 1. The van der Waals surface area contributed by atoms with Crippen molar-refractivity contribution in [3.05, 3.63) is 36.0 Å². The number of methoxy groups -OCH3 is 2. The van der Waals surface area contributed by atoms with E-state index in [0.29, 0.717) is 82.6 Å². The first kappa shape index (κ1) is 36.1. The molecule has 0 radical (unpaired) electrons. The zero-order valence-electron chi connectivity index (χ0n) is 29.1. The summed E-state index contributed by atoms with van der Waals surface area (Å²) in [5.74, 6) is 2.17. The first-order chi connectivity index (χ1) is 23.9. The van der Waals surface area contributed by atoms with Crippen molar-refractivity contribution in [2.75, 3.05) is 89.6 Å². The molecule has 3 amide bonds. The lowest BCUT2D eigenvalue weighted by Crippen LogP contribution is -2.55. The number of carbonyl (C=O) groups is 3. The molecule has 268 valence electrons. The molecule has 0 unspecified atom stereocenters. The van der Waals surface area contributed by atoms with Crippen LogP contribution in [0.1, 0.15) is 51.0 Å². The molecule has 14 nitrogen and oxygen atoms in total. The normalized spacial score (nSPS) is 18.7. The summed E-state index contributed by atoms with van der Waals surface area (Å²) in [5, 5.41) is 1.19. The van der Waals surface area contributed by atoms with E-state index in [1.807, 2.05) is 17.0 Å². The molecule has 49 heavy (non-hydrogen) atoms. The van der Waals surface area contributed by atoms with Crippen molar-refractivity contribution in [3.63, 3.8) is 0 Å². The standard InChI is InChI=1S/C35H51N7O7/c1-4-5-6-8-27(24-41(26-43)49-25-28-10-11-29(46-2)23-31(28)47-3)33(44)42-14-7-9-30(42)34(45)39-15-17-40(18-16-39)35-36-13-12-32(37-35)38-19-21-48-22-20-38/h10-13,23,26-27,30H,4-9,14-22,24-25H2,1-3H3/t27-,30+/m1/s1. The van der Waals surface area contributed by atoms with Crippen molar-refractivity contribution >= 4 is 30.0 Å². The van der Waals surface area contributed by atoms with Crippen LogP contribution in [-0.4, -0.2) is 129 Å². The van der Waals surface area contributed by atoms with Crippen LogP contribution in [-0.2, 0) is 30.6 Å². The summed E-state index contributed by atoms with van der Waals surface area (Å²) in [5.41, 5.74) is 0.741. The third-order valence-electron chi connectivity index (χ3n) is 9.56. The Hall–Kier alpha value is -4.17. The number of carbonyl (C=O) groups excluding carboxylic acids is 3. The molecule has 1 aromatic carbocycles. The number of ether oxygens (including phenoxy) is 3. The molecule has 3 fully saturated rings. The molecule has 0 saturated carbocycles. The second kappa shape index (κ2) is 18.0. The van der Waals surface area contributed by atoms with Gasteiger partial charge in [0.25, 0.3) is 0 Å². The van der Waals surface area contributed by atoms with Gasteiger partial charge in [-0.1, -0.05) is 26.2 Å². The number of amides is 3. The van der Waals surface area contributed by atoms with Crippen LogP contribution in [0.25, 0.3) is 0 Å². The fourth-order valence-electron chi connectivity index (χ4n) is 6.72. The lowest BCUT2D eigenvalue weighted by atomic mass is 9.98. The predicted molar refractivity (Wildman–Crippen MR) is 183 cm³/mol. The van der Waals surface area contributed by atoms with E-state index in [0.717, 1.165) is 50.2 Å². The maximum absolute atomic E-state index is 14.1. The summed E-state index contributed by atoms with van der Waals surface area (Å²) in [6, 6.07) is 6.78. The van der Waals surface area contributed by atoms with Gasteiger partial charge in [-0.05, 0) is 37.5 Å². The number of rotatable bonds is 16. The third-order valence-corrected chi connectivity index (χ3v) is 9.56. The highest BCUT2D eigenvalue weighted by atomic mass is 16.7. The summed E-state index contributed by atoms with van der Waals surface area (Å²) < 4.78 is 16.2. The van der Waals surface area contributed by atoms with Crippen molar-refractivity contribution in [2.45, 2.75) is 58.1 Å². The molecule has 2 atom stereocenters. The monoisotopic (exact) mass is 681 g/mol. The third kappa shape index (κ3) is 9.30. The van der Waals surface area contributed by atoms with Crippen LogP contribution in [0, 0.1) is 5.92 Å². The van der Waals surface area contributed by atoms with Gasteiger partial charge in [-0.25, -0.2) is 10.0 Å². The van der Waals surface area contributed by atoms with Crippen molar-refractivity contribution in [1.29, 1.82) is 0 Å². The van der Waals surface area contributed by atoms with Gasteiger partial charge in [-0.2, -0.15) is 4.98 Å². The minimum absolute atomic E-state index is 0.0177. The number of piperazine rings is 1. The molecule has 3 saturated heterocycles. The number of likely N-dealkylation sites (tertiary alicyclic amines) is 1. The fourth-order valence-corrected chi connectivity index (χ4v) is 6.72. The summed E-state index contributed by atoms with van der Waals surface area (Å²) in [6.07, 6.45) is 7.21. The van der Waals surface area contributed by atoms with Crippen LogP contribution in [0.2, 0.25) is 0 Å². The summed E-state index contributed by atoms with van der Waals surface area (Å²) in [4.78, 5) is 63.3. The van der Waals surface area contributed by atoms with Gasteiger partial charge in [0.05, 0.1) is 39.9 Å². The molecular formula is C35H51N7O7. The highest BCUT2D eigenvalue weighted by Gasteiger charge is 2.40. The number of benzene rings is 1. The molecule has 3 aliphatic rings. The van der Waals surface area contributed by atoms with Crippen LogP contribution >= 0.6 is 0 Å². The van der Waals surface area contributed by atoms with E-state index in [9.17, 15) is 14.4 Å². The number of nitrogens with zero attached hydrogens (tertiary/aromatic N) is 7. The Balaban J connectivity index is 1.19. The van der Waals surface area contributed by atoms with Crippen molar-refractivity contribution in [2.24, 2.45) is 5.92 Å².